The number of aromatic nitrogens is 1. The number of nitrogens with zero attached hydrogens (tertiary/aromatic N) is 3. The summed E-state index contributed by atoms with van der Waals surface area (Å²) in [4.78, 5) is 42.8. The van der Waals surface area contributed by atoms with Gasteiger partial charge in [-0.15, -0.1) is 0 Å². The van der Waals surface area contributed by atoms with E-state index in [1.54, 1.807) is 17.7 Å². The van der Waals surface area contributed by atoms with Crippen molar-refractivity contribution in [3.05, 3.63) is 69.1 Å². The van der Waals surface area contributed by atoms with Gasteiger partial charge in [-0.1, -0.05) is 30.3 Å². The molecular formula is C29H38N4O4. The Kier molecular flexibility index (Phi) is 7.49. The first-order valence-electron chi connectivity index (χ1n) is 13.4. The standard InChI is InChI=1S/C29H38N4O4/c1-19-13-26(34)31(3)20(2)27(19)29(36)33-16-23-14-32(15-24(23)17-33)11-9-25(21-7-5-4-6-8-21)30-28(35)22-10-12-37-18-22/h4-8,13,22-25H,9-12,14-18H2,1-3H3,(H,30,35)/t22?,23?,24?,25-/m0/s1. The number of hydrogen-bond acceptors (Lipinski definition) is 5. The molecule has 2 amide bonds. The van der Waals surface area contributed by atoms with Crippen LogP contribution in [0.4, 0.5) is 0 Å². The summed E-state index contributed by atoms with van der Waals surface area (Å²) in [5, 5.41) is 3.29. The molecule has 5 rings (SSSR count). The van der Waals surface area contributed by atoms with Crippen molar-refractivity contribution < 1.29 is 14.3 Å². The molecule has 3 saturated heterocycles. The van der Waals surface area contributed by atoms with E-state index in [4.69, 9.17) is 4.74 Å². The minimum absolute atomic E-state index is 0.0245. The number of fused-ring (bicyclic) bond motifs is 1. The Morgan fingerprint density at radius 2 is 1.78 bits per heavy atom. The largest absolute Gasteiger partial charge is 0.381 e. The lowest BCUT2D eigenvalue weighted by Gasteiger charge is -2.26. The molecule has 3 fully saturated rings. The lowest BCUT2D eigenvalue weighted by atomic mass is 10.0. The van der Waals surface area contributed by atoms with Crippen LogP contribution in [0.3, 0.4) is 0 Å². The predicted octanol–water partition coefficient (Wildman–Crippen LogP) is 2.29. The van der Waals surface area contributed by atoms with Crippen LogP contribution in [0.1, 0.15) is 46.1 Å². The fraction of sp³-hybridized carbons (Fsp3) is 0.552. The zero-order chi connectivity index (χ0) is 26.1. The van der Waals surface area contributed by atoms with E-state index in [1.165, 1.54) is 0 Å². The molecule has 1 aromatic carbocycles. The van der Waals surface area contributed by atoms with E-state index in [2.05, 4.69) is 22.3 Å². The van der Waals surface area contributed by atoms with Crippen LogP contribution in [0.25, 0.3) is 0 Å². The molecule has 8 heteroatoms. The van der Waals surface area contributed by atoms with Crippen molar-refractivity contribution in [2.45, 2.75) is 32.7 Å². The molecule has 37 heavy (non-hydrogen) atoms. The van der Waals surface area contributed by atoms with Gasteiger partial charge < -0.3 is 24.4 Å². The summed E-state index contributed by atoms with van der Waals surface area (Å²) in [5.41, 5.74) is 3.19. The second-order valence-electron chi connectivity index (χ2n) is 11.0. The number of benzene rings is 1. The van der Waals surface area contributed by atoms with E-state index in [9.17, 15) is 14.4 Å². The van der Waals surface area contributed by atoms with Gasteiger partial charge in [0.2, 0.25) is 5.91 Å². The first-order chi connectivity index (χ1) is 17.8. The minimum atomic E-state index is -0.0814. The van der Waals surface area contributed by atoms with Crippen LogP contribution in [0.15, 0.2) is 41.2 Å². The normalized spacial score (nSPS) is 24.3. The van der Waals surface area contributed by atoms with Gasteiger partial charge in [0.15, 0.2) is 0 Å². The Morgan fingerprint density at radius 3 is 2.43 bits per heavy atom. The summed E-state index contributed by atoms with van der Waals surface area (Å²) >= 11 is 0. The van der Waals surface area contributed by atoms with Crippen molar-refractivity contribution in [3.63, 3.8) is 0 Å². The van der Waals surface area contributed by atoms with Crippen molar-refractivity contribution in [2.24, 2.45) is 24.8 Å². The molecule has 0 spiro atoms. The molecule has 0 bridgehead atoms. The maximum absolute atomic E-state index is 13.4. The van der Waals surface area contributed by atoms with Gasteiger partial charge in [-0.3, -0.25) is 14.4 Å². The van der Waals surface area contributed by atoms with Gasteiger partial charge in [-0.2, -0.15) is 0 Å². The monoisotopic (exact) mass is 506 g/mol. The van der Waals surface area contributed by atoms with Crippen molar-refractivity contribution >= 4 is 11.8 Å². The molecule has 3 unspecified atom stereocenters. The fourth-order valence-electron chi connectivity index (χ4n) is 6.24. The van der Waals surface area contributed by atoms with Crippen LogP contribution >= 0.6 is 0 Å². The first kappa shape index (κ1) is 25.7. The minimum Gasteiger partial charge on any atom is -0.381 e. The quantitative estimate of drug-likeness (QED) is 0.623. The lowest BCUT2D eigenvalue weighted by Crippen LogP contribution is -2.37. The third kappa shape index (κ3) is 5.36. The number of pyridine rings is 1. The number of rotatable bonds is 7. The third-order valence-electron chi connectivity index (χ3n) is 8.55. The number of ether oxygens (including phenoxy) is 1. The van der Waals surface area contributed by atoms with Crippen molar-refractivity contribution in [3.8, 4) is 0 Å². The van der Waals surface area contributed by atoms with Crippen molar-refractivity contribution in [1.29, 1.82) is 0 Å². The van der Waals surface area contributed by atoms with E-state index in [0.29, 0.717) is 30.6 Å². The summed E-state index contributed by atoms with van der Waals surface area (Å²) < 4.78 is 6.97. The maximum Gasteiger partial charge on any atom is 0.255 e. The second kappa shape index (κ2) is 10.8. The van der Waals surface area contributed by atoms with Gasteiger partial charge in [0.05, 0.1) is 24.1 Å². The Morgan fingerprint density at radius 1 is 1.08 bits per heavy atom. The molecule has 4 heterocycles. The Balaban J connectivity index is 1.18. The number of aryl methyl sites for hydroxylation is 1. The summed E-state index contributed by atoms with van der Waals surface area (Å²) in [6.45, 7) is 9.20. The highest BCUT2D eigenvalue weighted by molar-refractivity contribution is 5.96. The highest BCUT2D eigenvalue weighted by Gasteiger charge is 2.42. The number of carbonyl (C=O) groups excluding carboxylic acids is 2. The van der Waals surface area contributed by atoms with Gasteiger partial charge in [0.25, 0.3) is 11.5 Å². The zero-order valence-electron chi connectivity index (χ0n) is 22.1. The zero-order valence-corrected chi connectivity index (χ0v) is 22.1. The van der Waals surface area contributed by atoms with Gasteiger partial charge >= 0.3 is 0 Å². The smallest absolute Gasteiger partial charge is 0.255 e. The molecule has 0 aliphatic carbocycles. The molecule has 4 atom stereocenters. The van der Waals surface area contributed by atoms with Gasteiger partial charge in [-0.05, 0) is 49.7 Å². The maximum atomic E-state index is 13.4. The van der Waals surface area contributed by atoms with Gasteiger partial charge in [0, 0.05) is 58.1 Å². The lowest BCUT2D eigenvalue weighted by molar-refractivity contribution is -0.125. The Labute approximate surface area is 218 Å². The fourth-order valence-corrected chi connectivity index (χ4v) is 6.24. The Hall–Kier alpha value is -2.97. The number of carbonyl (C=O) groups is 2. The van der Waals surface area contributed by atoms with Crippen molar-refractivity contribution in [1.82, 2.24) is 19.7 Å². The summed E-state index contributed by atoms with van der Waals surface area (Å²) in [5.74, 6) is 0.979. The number of nitrogens with one attached hydrogen (secondary N) is 1. The molecule has 3 aliphatic rings. The van der Waals surface area contributed by atoms with E-state index in [0.717, 1.165) is 62.4 Å². The van der Waals surface area contributed by atoms with Crippen LogP contribution in [-0.4, -0.2) is 72.1 Å². The molecule has 0 radical (unpaired) electrons. The highest BCUT2D eigenvalue weighted by atomic mass is 16.5. The van der Waals surface area contributed by atoms with Crippen LogP contribution in [0, 0.1) is 31.6 Å². The van der Waals surface area contributed by atoms with Gasteiger partial charge in [-0.25, -0.2) is 0 Å². The Bertz CT molecular complexity index is 1190. The predicted molar refractivity (Wildman–Crippen MR) is 141 cm³/mol. The summed E-state index contributed by atoms with van der Waals surface area (Å²) in [7, 11) is 1.72. The second-order valence-corrected chi connectivity index (χ2v) is 11.0. The summed E-state index contributed by atoms with van der Waals surface area (Å²) in [6.07, 6.45) is 1.64. The number of amides is 2. The van der Waals surface area contributed by atoms with Gasteiger partial charge in [0.1, 0.15) is 0 Å². The number of hydrogen-bond donors (Lipinski definition) is 1. The van der Waals surface area contributed by atoms with Crippen LogP contribution < -0.4 is 10.9 Å². The van der Waals surface area contributed by atoms with Crippen molar-refractivity contribution in [2.75, 3.05) is 45.9 Å². The average Bonchev–Trinajstić information content (AvgIpc) is 3.63. The molecule has 2 aromatic rings. The highest BCUT2D eigenvalue weighted by Crippen LogP contribution is 2.33. The molecular weight excluding hydrogens is 468 g/mol. The molecule has 8 nitrogen and oxygen atoms in total. The van der Waals surface area contributed by atoms with E-state index < -0.39 is 0 Å². The van der Waals surface area contributed by atoms with Crippen LogP contribution in [-0.2, 0) is 16.6 Å². The topological polar surface area (TPSA) is 83.9 Å². The van der Waals surface area contributed by atoms with E-state index in [1.807, 2.05) is 36.9 Å². The third-order valence-corrected chi connectivity index (χ3v) is 8.55. The molecule has 0 saturated carbocycles. The van der Waals surface area contributed by atoms with Crippen LogP contribution in [0.2, 0.25) is 0 Å². The molecule has 198 valence electrons. The first-order valence-corrected chi connectivity index (χ1v) is 13.4. The van der Waals surface area contributed by atoms with Crippen LogP contribution in [0.5, 0.6) is 0 Å². The molecule has 1 N–H and O–H groups in total. The SMILES string of the molecule is Cc1cc(=O)n(C)c(C)c1C(=O)N1CC2CN(CC[C@H](NC(=O)C3CCOC3)c3ccccc3)CC2C1. The number of likely N-dealkylation sites (tertiary alicyclic amines) is 2. The average molecular weight is 507 g/mol. The van der Waals surface area contributed by atoms with E-state index in [-0.39, 0.29) is 29.3 Å². The van der Waals surface area contributed by atoms with E-state index >= 15 is 0 Å². The summed E-state index contributed by atoms with van der Waals surface area (Å²) in [6, 6.07) is 11.7. The molecule has 1 aromatic heterocycles. The molecule has 3 aliphatic heterocycles.